The zero-order valence-electron chi connectivity index (χ0n) is 14.7. The van der Waals surface area contributed by atoms with Gasteiger partial charge in [0.1, 0.15) is 11.5 Å². The summed E-state index contributed by atoms with van der Waals surface area (Å²) in [6, 6.07) is 21.0. The van der Waals surface area contributed by atoms with Crippen LogP contribution in [0.4, 0.5) is 10.5 Å². The van der Waals surface area contributed by atoms with Gasteiger partial charge in [-0.25, -0.2) is 4.79 Å². The molecule has 5 nitrogen and oxygen atoms in total. The third-order valence-corrected chi connectivity index (χ3v) is 4.08. The highest BCUT2D eigenvalue weighted by molar-refractivity contribution is 5.90. The summed E-state index contributed by atoms with van der Waals surface area (Å²) in [4.78, 5) is 14.6. The SMILES string of the molecule is COc1ccccc1NC(=O)N(CCc1ccccc1)Cc1ccco1. The maximum Gasteiger partial charge on any atom is 0.322 e. The zero-order chi connectivity index (χ0) is 18.2. The number of anilines is 1. The van der Waals surface area contributed by atoms with Crippen molar-refractivity contribution in [1.82, 2.24) is 4.90 Å². The fourth-order valence-corrected chi connectivity index (χ4v) is 2.69. The van der Waals surface area contributed by atoms with Crippen LogP contribution in [0.2, 0.25) is 0 Å². The van der Waals surface area contributed by atoms with E-state index >= 15 is 0 Å². The molecule has 0 saturated heterocycles. The van der Waals surface area contributed by atoms with Gasteiger partial charge in [0.2, 0.25) is 0 Å². The number of nitrogens with zero attached hydrogens (tertiary/aromatic N) is 1. The molecule has 5 heteroatoms. The molecular formula is C21H22N2O3. The predicted octanol–water partition coefficient (Wildman–Crippen LogP) is 4.57. The van der Waals surface area contributed by atoms with Crippen LogP contribution in [0.3, 0.4) is 0 Å². The van der Waals surface area contributed by atoms with Gasteiger partial charge in [0.25, 0.3) is 0 Å². The van der Waals surface area contributed by atoms with Crippen molar-refractivity contribution in [3.63, 3.8) is 0 Å². The van der Waals surface area contributed by atoms with Crippen molar-refractivity contribution >= 4 is 11.7 Å². The van der Waals surface area contributed by atoms with E-state index in [9.17, 15) is 4.79 Å². The van der Waals surface area contributed by atoms with E-state index in [1.807, 2.05) is 54.6 Å². The minimum Gasteiger partial charge on any atom is -0.495 e. The summed E-state index contributed by atoms with van der Waals surface area (Å²) in [7, 11) is 1.58. The average molecular weight is 350 g/mol. The van der Waals surface area contributed by atoms with Crippen LogP contribution in [0.5, 0.6) is 5.75 Å². The van der Waals surface area contributed by atoms with Gasteiger partial charge < -0.3 is 19.4 Å². The first-order valence-corrected chi connectivity index (χ1v) is 8.51. The lowest BCUT2D eigenvalue weighted by atomic mass is 10.1. The number of hydrogen-bond donors (Lipinski definition) is 1. The Labute approximate surface area is 153 Å². The monoisotopic (exact) mass is 350 g/mol. The molecule has 0 aliphatic carbocycles. The van der Waals surface area contributed by atoms with Crippen molar-refractivity contribution < 1.29 is 13.9 Å². The third-order valence-electron chi connectivity index (χ3n) is 4.08. The molecule has 0 fully saturated rings. The summed E-state index contributed by atoms with van der Waals surface area (Å²) < 4.78 is 10.7. The number of furan rings is 1. The van der Waals surface area contributed by atoms with E-state index in [2.05, 4.69) is 17.4 Å². The first kappa shape index (κ1) is 17.6. The first-order chi connectivity index (χ1) is 12.8. The molecule has 0 aliphatic rings. The highest BCUT2D eigenvalue weighted by atomic mass is 16.5. The average Bonchev–Trinajstić information content (AvgIpc) is 3.19. The molecule has 0 radical (unpaired) electrons. The normalized spacial score (nSPS) is 10.3. The highest BCUT2D eigenvalue weighted by Crippen LogP contribution is 2.23. The maximum atomic E-state index is 12.8. The van der Waals surface area contributed by atoms with E-state index in [1.165, 1.54) is 5.56 Å². The van der Waals surface area contributed by atoms with Gasteiger partial charge in [0.15, 0.2) is 0 Å². The molecular weight excluding hydrogens is 328 g/mol. The third kappa shape index (κ3) is 4.66. The molecule has 0 saturated carbocycles. The number of ether oxygens (including phenoxy) is 1. The van der Waals surface area contributed by atoms with Gasteiger partial charge >= 0.3 is 6.03 Å². The minimum absolute atomic E-state index is 0.193. The Bertz CT molecular complexity index is 816. The van der Waals surface area contributed by atoms with E-state index in [0.717, 1.165) is 12.2 Å². The summed E-state index contributed by atoms with van der Waals surface area (Å²) in [6.45, 7) is 0.979. The Hall–Kier alpha value is -3.21. The fraction of sp³-hybridized carbons (Fsp3) is 0.190. The van der Waals surface area contributed by atoms with E-state index < -0.39 is 0 Å². The largest absolute Gasteiger partial charge is 0.495 e. The number of nitrogens with one attached hydrogen (secondary N) is 1. The molecule has 1 aromatic heterocycles. The summed E-state index contributed by atoms with van der Waals surface area (Å²) in [5.74, 6) is 1.37. The number of hydrogen-bond acceptors (Lipinski definition) is 3. The number of methoxy groups -OCH3 is 1. The smallest absolute Gasteiger partial charge is 0.322 e. The molecule has 1 heterocycles. The second-order valence-corrected chi connectivity index (χ2v) is 5.87. The number of benzene rings is 2. The molecule has 0 unspecified atom stereocenters. The Kier molecular flexibility index (Phi) is 5.93. The molecule has 134 valence electrons. The Balaban J connectivity index is 1.72. The van der Waals surface area contributed by atoms with Gasteiger partial charge in [-0.05, 0) is 36.2 Å². The summed E-state index contributed by atoms with van der Waals surface area (Å²) in [5.41, 5.74) is 1.83. The van der Waals surface area contributed by atoms with E-state index in [-0.39, 0.29) is 6.03 Å². The van der Waals surface area contributed by atoms with Crippen LogP contribution in [0.15, 0.2) is 77.4 Å². The van der Waals surface area contributed by atoms with Crippen molar-refractivity contribution in [2.45, 2.75) is 13.0 Å². The second-order valence-electron chi connectivity index (χ2n) is 5.87. The first-order valence-electron chi connectivity index (χ1n) is 8.51. The van der Waals surface area contributed by atoms with Crippen LogP contribution in [0, 0.1) is 0 Å². The van der Waals surface area contributed by atoms with E-state index in [4.69, 9.17) is 9.15 Å². The standard InChI is InChI=1S/C21H22N2O3/c1-25-20-12-6-5-11-19(20)22-21(24)23(16-18-10-7-15-26-18)14-13-17-8-3-2-4-9-17/h2-12,15H,13-14,16H2,1H3,(H,22,24). The lowest BCUT2D eigenvalue weighted by molar-refractivity contribution is 0.204. The number of carbonyl (C=O) groups is 1. The number of para-hydroxylation sites is 2. The summed E-state index contributed by atoms with van der Waals surface area (Å²) >= 11 is 0. The van der Waals surface area contributed by atoms with Crippen LogP contribution in [0.25, 0.3) is 0 Å². The predicted molar refractivity (Wildman–Crippen MR) is 101 cm³/mol. The fourth-order valence-electron chi connectivity index (χ4n) is 2.69. The van der Waals surface area contributed by atoms with Crippen LogP contribution >= 0.6 is 0 Å². The number of rotatable bonds is 7. The van der Waals surface area contributed by atoms with E-state index in [1.54, 1.807) is 18.3 Å². The zero-order valence-corrected chi connectivity index (χ0v) is 14.7. The molecule has 2 amide bonds. The Morgan fingerprint density at radius 2 is 1.81 bits per heavy atom. The topological polar surface area (TPSA) is 54.7 Å². The van der Waals surface area contributed by atoms with Crippen LogP contribution in [-0.4, -0.2) is 24.6 Å². The van der Waals surface area contributed by atoms with Gasteiger partial charge in [-0.1, -0.05) is 42.5 Å². The molecule has 3 rings (SSSR count). The van der Waals surface area contributed by atoms with Crippen LogP contribution in [0.1, 0.15) is 11.3 Å². The van der Waals surface area contributed by atoms with Gasteiger partial charge in [0, 0.05) is 6.54 Å². The van der Waals surface area contributed by atoms with Gasteiger partial charge in [-0.15, -0.1) is 0 Å². The molecule has 0 bridgehead atoms. The Morgan fingerprint density at radius 3 is 2.54 bits per heavy atom. The molecule has 1 N–H and O–H groups in total. The van der Waals surface area contributed by atoms with Crippen molar-refractivity contribution in [3.05, 3.63) is 84.3 Å². The van der Waals surface area contributed by atoms with Crippen LogP contribution in [-0.2, 0) is 13.0 Å². The minimum atomic E-state index is -0.193. The molecule has 0 atom stereocenters. The van der Waals surface area contributed by atoms with Crippen molar-refractivity contribution in [1.29, 1.82) is 0 Å². The highest BCUT2D eigenvalue weighted by Gasteiger charge is 2.17. The molecule has 0 spiro atoms. The molecule has 2 aromatic carbocycles. The molecule has 3 aromatic rings. The summed E-state index contributed by atoms with van der Waals surface area (Å²) in [6.07, 6.45) is 2.38. The number of urea groups is 1. The summed E-state index contributed by atoms with van der Waals surface area (Å²) in [5, 5.41) is 2.93. The quantitative estimate of drug-likeness (QED) is 0.679. The van der Waals surface area contributed by atoms with Gasteiger partial charge in [0.05, 0.1) is 25.6 Å². The van der Waals surface area contributed by atoms with Crippen molar-refractivity contribution in [2.24, 2.45) is 0 Å². The van der Waals surface area contributed by atoms with Gasteiger partial charge in [-0.2, -0.15) is 0 Å². The molecule has 0 aliphatic heterocycles. The number of carbonyl (C=O) groups excluding carboxylic acids is 1. The number of amides is 2. The van der Waals surface area contributed by atoms with E-state index in [0.29, 0.717) is 24.5 Å². The van der Waals surface area contributed by atoms with Crippen molar-refractivity contribution in [2.75, 3.05) is 19.0 Å². The lowest BCUT2D eigenvalue weighted by Crippen LogP contribution is -2.36. The Morgan fingerprint density at radius 1 is 1.04 bits per heavy atom. The maximum absolute atomic E-state index is 12.8. The lowest BCUT2D eigenvalue weighted by Gasteiger charge is -2.23. The van der Waals surface area contributed by atoms with Gasteiger partial charge in [-0.3, -0.25) is 0 Å². The second kappa shape index (κ2) is 8.76. The molecule has 26 heavy (non-hydrogen) atoms. The van der Waals surface area contributed by atoms with Crippen molar-refractivity contribution in [3.8, 4) is 5.75 Å². The van der Waals surface area contributed by atoms with Crippen LogP contribution < -0.4 is 10.1 Å².